The molecular weight excluding hydrogens is 213 g/mol. The minimum atomic E-state index is -0.750. The lowest BCUT2D eigenvalue weighted by atomic mass is 10.2. The third kappa shape index (κ3) is 8.25. The smallest absolute Gasteiger partial charge is 0.150 e. The molecule has 0 amide bonds. The number of benzene rings is 1. The molecule has 0 bridgehead atoms. The molecule has 66 valence electrons. The topological polar surface area (TPSA) is 0 Å². The number of hydrogen-bond acceptors (Lipinski definition) is 0. The normalized spacial score (nSPS) is 8.42. The Morgan fingerprint density at radius 2 is 1.00 bits per heavy atom. The first-order valence-electron chi connectivity index (χ1n) is 3.48. The minimum Gasteiger partial charge on any atom is -0.150 e. The van der Waals surface area contributed by atoms with Crippen LogP contribution in [0.15, 0.2) is 24.3 Å². The van der Waals surface area contributed by atoms with E-state index in [1.807, 2.05) is 0 Å². The van der Waals surface area contributed by atoms with Gasteiger partial charge in [0.1, 0.15) is 0 Å². The Bertz CT molecular complexity index is 184. The summed E-state index contributed by atoms with van der Waals surface area (Å²) in [6, 6.07) is 8.48. The Labute approximate surface area is 88.6 Å². The molecule has 0 spiro atoms. The lowest BCUT2D eigenvalue weighted by molar-refractivity contribution is 1.40. The van der Waals surface area contributed by atoms with Crippen molar-refractivity contribution in [2.75, 3.05) is 0 Å². The summed E-state index contributed by atoms with van der Waals surface area (Å²) in [5, 5.41) is 0. The minimum absolute atomic E-state index is 0.750. The van der Waals surface area contributed by atoms with Crippen molar-refractivity contribution in [2.45, 2.75) is 13.8 Å². The van der Waals surface area contributed by atoms with Crippen molar-refractivity contribution in [1.29, 1.82) is 0 Å². The molecule has 1 rings (SSSR count). The van der Waals surface area contributed by atoms with Crippen molar-refractivity contribution >= 4 is 39.3 Å². The summed E-state index contributed by atoms with van der Waals surface area (Å²) in [5.41, 5.74) is 2.66. The highest BCUT2D eigenvalue weighted by molar-refractivity contribution is 7.54. The van der Waals surface area contributed by atoms with Gasteiger partial charge in [0.15, 0.2) is 0 Å². The third-order valence-corrected chi connectivity index (χ3v) is 1.22. The summed E-state index contributed by atoms with van der Waals surface area (Å²) >= 11 is 14.4. The molecule has 1 aromatic rings. The van der Waals surface area contributed by atoms with E-state index in [1.165, 1.54) is 11.1 Å². The first-order chi connectivity index (χ1) is 5.52. The number of hydrogen-bond donors (Lipinski definition) is 0. The van der Waals surface area contributed by atoms with Gasteiger partial charge in [0.2, 0.25) is 0 Å². The fourth-order valence-electron chi connectivity index (χ4n) is 0.637. The van der Waals surface area contributed by atoms with E-state index < -0.39 is 4.96 Å². The average Bonchev–Trinajstić information content (AvgIpc) is 1.94. The number of halogens is 3. The summed E-state index contributed by atoms with van der Waals surface area (Å²) in [4.78, 5) is -0.750. The summed E-state index contributed by atoms with van der Waals surface area (Å²) < 4.78 is 0. The fraction of sp³-hybridized carbons (Fsp3) is 0.250. The van der Waals surface area contributed by atoms with Crippen LogP contribution in [0.3, 0.4) is 0 Å². The second-order valence-electron chi connectivity index (χ2n) is 2.40. The standard InChI is InChI=1S/C8H10.BCl3/c1-7-3-5-8(2)6-4-7;2-1(3)4/h3-6H,1-2H3;. The Kier molecular flexibility index (Phi) is 6.73. The second-order valence-corrected chi connectivity index (χ2v) is 4.38. The van der Waals surface area contributed by atoms with Gasteiger partial charge in [-0.25, -0.2) is 0 Å². The van der Waals surface area contributed by atoms with Crippen LogP contribution < -0.4 is 0 Å². The molecule has 0 aliphatic heterocycles. The predicted octanol–water partition coefficient (Wildman–Crippen LogP) is 3.99. The van der Waals surface area contributed by atoms with Crippen molar-refractivity contribution < 1.29 is 0 Å². The summed E-state index contributed by atoms with van der Waals surface area (Å²) in [5.74, 6) is 0. The van der Waals surface area contributed by atoms with Crippen molar-refractivity contribution in [2.24, 2.45) is 0 Å². The third-order valence-electron chi connectivity index (χ3n) is 1.22. The van der Waals surface area contributed by atoms with Crippen molar-refractivity contribution in [3.63, 3.8) is 0 Å². The molecule has 12 heavy (non-hydrogen) atoms. The van der Waals surface area contributed by atoms with Gasteiger partial charge in [0, 0.05) is 0 Å². The van der Waals surface area contributed by atoms with Gasteiger partial charge in [-0.2, -0.15) is 34.4 Å². The molecule has 0 nitrogen and oxygen atoms in total. The molecule has 0 aliphatic carbocycles. The summed E-state index contributed by atoms with van der Waals surface area (Å²) in [6.45, 7) is 4.19. The molecule has 0 saturated heterocycles. The van der Waals surface area contributed by atoms with Crippen LogP contribution in [0.1, 0.15) is 11.1 Å². The SMILES string of the molecule is Cc1ccc(C)cc1.ClB(Cl)Cl. The number of rotatable bonds is 0. The van der Waals surface area contributed by atoms with Crippen LogP contribution in [0.5, 0.6) is 0 Å². The maximum atomic E-state index is 4.81. The van der Waals surface area contributed by atoms with Crippen LogP contribution >= 0.6 is 34.4 Å². The van der Waals surface area contributed by atoms with Gasteiger partial charge < -0.3 is 0 Å². The zero-order chi connectivity index (χ0) is 9.56. The van der Waals surface area contributed by atoms with Gasteiger partial charge in [-0.05, 0) is 13.8 Å². The molecule has 0 N–H and O–H groups in total. The summed E-state index contributed by atoms with van der Waals surface area (Å²) in [7, 11) is 0. The van der Waals surface area contributed by atoms with Crippen molar-refractivity contribution in [3.8, 4) is 0 Å². The zero-order valence-electron chi connectivity index (χ0n) is 7.02. The molecule has 4 heteroatoms. The van der Waals surface area contributed by atoms with Gasteiger partial charge in [0.25, 0.3) is 0 Å². The van der Waals surface area contributed by atoms with Crippen LogP contribution in [0.2, 0.25) is 0 Å². The average molecular weight is 223 g/mol. The van der Waals surface area contributed by atoms with Crippen LogP contribution in [-0.4, -0.2) is 4.96 Å². The Morgan fingerprint density at radius 1 is 0.833 bits per heavy atom. The van der Waals surface area contributed by atoms with Gasteiger partial charge in [-0.15, -0.1) is 0 Å². The van der Waals surface area contributed by atoms with E-state index in [0.29, 0.717) is 0 Å². The van der Waals surface area contributed by atoms with Gasteiger partial charge in [-0.3, -0.25) is 0 Å². The predicted molar refractivity (Wildman–Crippen MR) is 59.2 cm³/mol. The molecular formula is C8H10BCl3. The highest BCUT2D eigenvalue weighted by Gasteiger charge is 1.91. The maximum Gasteiger partial charge on any atom is 0.450 e. The molecule has 0 unspecified atom stereocenters. The lowest BCUT2D eigenvalue weighted by Gasteiger charge is -1.90. The monoisotopic (exact) mass is 222 g/mol. The molecule has 0 saturated carbocycles. The molecule has 0 atom stereocenters. The molecule has 0 heterocycles. The fourth-order valence-corrected chi connectivity index (χ4v) is 0.637. The van der Waals surface area contributed by atoms with E-state index in [-0.39, 0.29) is 0 Å². The molecule has 1 aromatic carbocycles. The summed E-state index contributed by atoms with van der Waals surface area (Å²) in [6.07, 6.45) is 0. The molecule has 0 aliphatic rings. The first kappa shape index (κ1) is 12.2. The molecule has 0 fully saturated rings. The van der Waals surface area contributed by atoms with Crippen molar-refractivity contribution in [3.05, 3.63) is 35.4 Å². The second kappa shape index (κ2) is 6.65. The van der Waals surface area contributed by atoms with E-state index in [0.717, 1.165) is 0 Å². The maximum absolute atomic E-state index is 4.81. The lowest BCUT2D eigenvalue weighted by Crippen LogP contribution is -1.70. The quantitative estimate of drug-likeness (QED) is 0.583. The van der Waals surface area contributed by atoms with Gasteiger partial charge in [0.05, 0.1) is 0 Å². The Hall–Kier alpha value is 0.155. The zero-order valence-corrected chi connectivity index (χ0v) is 9.29. The van der Waals surface area contributed by atoms with E-state index in [2.05, 4.69) is 38.1 Å². The van der Waals surface area contributed by atoms with Crippen LogP contribution in [0.25, 0.3) is 0 Å². The van der Waals surface area contributed by atoms with E-state index >= 15 is 0 Å². The van der Waals surface area contributed by atoms with Gasteiger partial charge in [-0.1, -0.05) is 35.4 Å². The number of aryl methyl sites for hydroxylation is 2. The van der Waals surface area contributed by atoms with E-state index in [9.17, 15) is 0 Å². The van der Waals surface area contributed by atoms with Crippen LogP contribution in [0, 0.1) is 13.8 Å². The largest absolute Gasteiger partial charge is 0.450 e. The van der Waals surface area contributed by atoms with Crippen LogP contribution in [-0.2, 0) is 0 Å². The first-order valence-corrected chi connectivity index (χ1v) is 4.79. The van der Waals surface area contributed by atoms with E-state index in [1.54, 1.807) is 0 Å². The van der Waals surface area contributed by atoms with Crippen LogP contribution in [0.4, 0.5) is 0 Å². The highest BCUT2D eigenvalue weighted by Crippen LogP contribution is 1.99. The van der Waals surface area contributed by atoms with E-state index in [4.69, 9.17) is 34.4 Å². The Morgan fingerprint density at radius 3 is 1.17 bits per heavy atom. The van der Waals surface area contributed by atoms with Crippen molar-refractivity contribution in [1.82, 2.24) is 0 Å². The molecule has 0 aromatic heterocycles. The van der Waals surface area contributed by atoms with Gasteiger partial charge >= 0.3 is 4.96 Å². The highest BCUT2D eigenvalue weighted by atomic mass is 35.6. The molecule has 0 radical (unpaired) electrons. The Balaban J connectivity index is 0.000000261.